The molecule has 1 aliphatic heterocycles. The number of hydrogen-bond donors (Lipinski definition) is 3. The second-order valence-electron chi connectivity index (χ2n) is 7.92. The lowest BCUT2D eigenvalue weighted by molar-refractivity contribution is 0.0331. The number of piperidine rings is 1. The minimum atomic E-state index is -0.631. The van der Waals surface area contributed by atoms with Crippen LogP contribution in [-0.4, -0.2) is 61.0 Å². The van der Waals surface area contributed by atoms with Crippen molar-refractivity contribution >= 4 is 35.8 Å². The van der Waals surface area contributed by atoms with Gasteiger partial charge < -0.3 is 25.4 Å². The molecule has 0 bridgehead atoms. The highest BCUT2D eigenvalue weighted by Crippen LogP contribution is 2.18. The van der Waals surface area contributed by atoms with Crippen molar-refractivity contribution in [2.24, 2.45) is 4.99 Å². The third-order valence-electron chi connectivity index (χ3n) is 5.26. The van der Waals surface area contributed by atoms with Crippen LogP contribution in [0.15, 0.2) is 53.5 Å². The van der Waals surface area contributed by atoms with Gasteiger partial charge in [0.1, 0.15) is 5.82 Å². The van der Waals surface area contributed by atoms with E-state index in [2.05, 4.69) is 37.6 Å². The number of hydrogen-bond acceptors (Lipinski definition) is 5. The molecule has 7 nitrogen and oxygen atoms in total. The number of halogens is 1. The maximum Gasteiger partial charge on any atom is 0.191 e. The zero-order valence-corrected chi connectivity index (χ0v) is 21.4. The molecule has 3 N–H and O–H groups in total. The van der Waals surface area contributed by atoms with Crippen LogP contribution < -0.4 is 15.5 Å². The maximum atomic E-state index is 10.2. The van der Waals surface area contributed by atoms with E-state index in [4.69, 9.17) is 4.74 Å². The van der Waals surface area contributed by atoms with Gasteiger partial charge in [0, 0.05) is 31.4 Å². The fraction of sp³-hybridized carbons (Fsp3) is 0.500. The smallest absolute Gasteiger partial charge is 0.191 e. The van der Waals surface area contributed by atoms with Crippen molar-refractivity contribution in [1.82, 2.24) is 15.6 Å². The number of guanidine groups is 1. The SMILES string of the molecule is CCNC(=NCC(O)COCc1ccccc1)NC1CCN(c2cccc(C)n2)CC1.I. The summed E-state index contributed by atoms with van der Waals surface area (Å²) in [5, 5.41) is 17.0. The minimum absolute atomic E-state index is 0. The lowest BCUT2D eigenvalue weighted by atomic mass is 10.1. The highest BCUT2D eigenvalue weighted by molar-refractivity contribution is 14.0. The van der Waals surface area contributed by atoms with Gasteiger partial charge in [-0.15, -0.1) is 24.0 Å². The molecule has 0 aliphatic carbocycles. The fourth-order valence-electron chi connectivity index (χ4n) is 3.61. The fourth-order valence-corrected chi connectivity index (χ4v) is 3.61. The summed E-state index contributed by atoms with van der Waals surface area (Å²) in [6.45, 7) is 7.83. The molecule has 0 saturated carbocycles. The third kappa shape index (κ3) is 8.91. The second kappa shape index (κ2) is 14.3. The number of benzene rings is 1. The number of nitrogens with one attached hydrogen (secondary N) is 2. The largest absolute Gasteiger partial charge is 0.389 e. The van der Waals surface area contributed by atoms with Crippen molar-refractivity contribution in [3.05, 3.63) is 59.8 Å². The summed E-state index contributed by atoms with van der Waals surface area (Å²) in [7, 11) is 0. The number of pyridine rings is 1. The van der Waals surface area contributed by atoms with E-state index in [-0.39, 0.29) is 30.6 Å². The Morgan fingerprint density at radius 1 is 1.19 bits per heavy atom. The van der Waals surface area contributed by atoms with E-state index in [9.17, 15) is 5.11 Å². The quantitative estimate of drug-likeness (QED) is 0.252. The number of aliphatic hydroxyl groups excluding tert-OH is 1. The van der Waals surface area contributed by atoms with Gasteiger partial charge in [-0.1, -0.05) is 36.4 Å². The zero-order chi connectivity index (χ0) is 21.9. The van der Waals surface area contributed by atoms with Gasteiger partial charge >= 0.3 is 0 Å². The molecule has 0 spiro atoms. The molecule has 2 heterocycles. The molecule has 32 heavy (non-hydrogen) atoms. The summed E-state index contributed by atoms with van der Waals surface area (Å²) in [5.74, 6) is 1.80. The van der Waals surface area contributed by atoms with Gasteiger partial charge in [-0.25, -0.2) is 4.98 Å². The Morgan fingerprint density at radius 2 is 1.94 bits per heavy atom. The number of aliphatic hydroxyl groups is 1. The summed E-state index contributed by atoms with van der Waals surface area (Å²) in [5.41, 5.74) is 2.14. The molecule has 176 valence electrons. The van der Waals surface area contributed by atoms with Crippen LogP contribution in [0.1, 0.15) is 31.0 Å². The van der Waals surface area contributed by atoms with Gasteiger partial charge in [0.05, 0.1) is 25.9 Å². The molecular formula is C24H36IN5O2. The molecule has 1 unspecified atom stereocenters. The lowest BCUT2D eigenvalue weighted by Gasteiger charge is -2.34. The number of rotatable bonds is 9. The maximum absolute atomic E-state index is 10.2. The van der Waals surface area contributed by atoms with E-state index in [1.54, 1.807) is 0 Å². The molecule has 1 aliphatic rings. The Bertz CT molecular complexity index is 813. The third-order valence-corrected chi connectivity index (χ3v) is 5.26. The van der Waals surface area contributed by atoms with Crippen molar-refractivity contribution in [2.75, 3.05) is 37.7 Å². The van der Waals surface area contributed by atoms with Crippen molar-refractivity contribution in [2.45, 2.75) is 45.4 Å². The first-order valence-electron chi connectivity index (χ1n) is 11.2. The second-order valence-corrected chi connectivity index (χ2v) is 7.92. The first kappa shape index (κ1) is 26.3. The van der Waals surface area contributed by atoms with Gasteiger partial charge in [0.25, 0.3) is 0 Å². The van der Waals surface area contributed by atoms with Gasteiger partial charge in [0.15, 0.2) is 5.96 Å². The Kier molecular flexibility index (Phi) is 11.8. The Balaban J connectivity index is 0.00000363. The number of anilines is 1. The van der Waals surface area contributed by atoms with Crippen LogP contribution in [-0.2, 0) is 11.3 Å². The summed E-state index contributed by atoms with van der Waals surface area (Å²) in [6.07, 6.45) is 1.40. The van der Waals surface area contributed by atoms with E-state index in [0.717, 1.165) is 55.5 Å². The molecule has 1 saturated heterocycles. The standard InChI is InChI=1S/C24H35N5O2.HI/c1-3-25-24(26-16-22(30)18-31-17-20-9-5-4-6-10-20)28-21-12-14-29(15-13-21)23-11-7-8-19(2)27-23;/h4-11,21-22,30H,3,12-18H2,1-2H3,(H2,25,26,28);1H. The molecular weight excluding hydrogens is 517 g/mol. The number of aromatic nitrogens is 1. The van der Waals surface area contributed by atoms with E-state index in [1.807, 2.05) is 50.2 Å². The summed E-state index contributed by atoms with van der Waals surface area (Å²) >= 11 is 0. The van der Waals surface area contributed by atoms with Crippen molar-refractivity contribution < 1.29 is 9.84 Å². The monoisotopic (exact) mass is 553 g/mol. The van der Waals surface area contributed by atoms with E-state index >= 15 is 0 Å². The predicted molar refractivity (Wildman–Crippen MR) is 141 cm³/mol. The Labute approximate surface area is 208 Å². The van der Waals surface area contributed by atoms with Gasteiger partial charge in [-0.3, -0.25) is 4.99 Å². The van der Waals surface area contributed by atoms with Crippen LogP contribution >= 0.6 is 24.0 Å². The van der Waals surface area contributed by atoms with Crippen LogP contribution in [0.5, 0.6) is 0 Å². The topological polar surface area (TPSA) is 82.0 Å². The average molecular weight is 553 g/mol. The number of ether oxygens (including phenoxy) is 1. The highest BCUT2D eigenvalue weighted by atomic mass is 127. The molecule has 1 atom stereocenters. The van der Waals surface area contributed by atoms with Crippen LogP contribution in [0.3, 0.4) is 0 Å². The number of nitrogens with zero attached hydrogens (tertiary/aromatic N) is 3. The zero-order valence-electron chi connectivity index (χ0n) is 19.0. The summed E-state index contributed by atoms with van der Waals surface area (Å²) < 4.78 is 5.61. The van der Waals surface area contributed by atoms with Gasteiger partial charge in [-0.05, 0) is 44.4 Å². The van der Waals surface area contributed by atoms with Crippen molar-refractivity contribution in [1.29, 1.82) is 0 Å². The Morgan fingerprint density at radius 3 is 2.62 bits per heavy atom. The van der Waals surface area contributed by atoms with Gasteiger partial charge in [-0.2, -0.15) is 0 Å². The van der Waals surface area contributed by atoms with Crippen LogP contribution in [0.25, 0.3) is 0 Å². The average Bonchev–Trinajstić information content (AvgIpc) is 2.79. The summed E-state index contributed by atoms with van der Waals surface area (Å²) in [4.78, 5) is 11.5. The van der Waals surface area contributed by atoms with Crippen molar-refractivity contribution in [3.8, 4) is 0 Å². The molecule has 1 aromatic heterocycles. The number of aryl methyl sites for hydroxylation is 1. The lowest BCUT2D eigenvalue weighted by Crippen LogP contribution is -2.49. The minimum Gasteiger partial charge on any atom is -0.389 e. The molecule has 0 radical (unpaired) electrons. The van der Waals surface area contributed by atoms with Crippen LogP contribution in [0.4, 0.5) is 5.82 Å². The molecule has 1 fully saturated rings. The first-order valence-corrected chi connectivity index (χ1v) is 11.2. The molecule has 2 aromatic rings. The Hall–Kier alpha value is -1.91. The van der Waals surface area contributed by atoms with E-state index in [1.165, 1.54) is 0 Å². The van der Waals surface area contributed by atoms with E-state index in [0.29, 0.717) is 19.2 Å². The van der Waals surface area contributed by atoms with Gasteiger partial charge in [0.2, 0.25) is 0 Å². The molecule has 0 amide bonds. The van der Waals surface area contributed by atoms with Crippen molar-refractivity contribution in [3.63, 3.8) is 0 Å². The highest BCUT2D eigenvalue weighted by Gasteiger charge is 2.21. The normalized spacial score (nSPS) is 15.7. The molecule has 1 aromatic carbocycles. The van der Waals surface area contributed by atoms with Crippen LogP contribution in [0, 0.1) is 6.92 Å². The molecule has 8 heteroatoms. The number of aliphatic imine (C=N–C) groups is 1. The summed E-state index contributed by atoms with van der Waals surface area (Å²) in [6, 6.07) is 16.5. The van der Waals surface area contributed by atoms with Crippen LogP contribution in [0.2, 0.25) is 0 Å². The first-order chi connectivity index (χ1) is 15.1. The predicted octanol–water partition coefficient (Wildman–Crippen LogP) is 3.11. The molecule has 3 rings (SSSR count). The van der Waals surface area contributed by atoms with E-state index < -0.39 is 6.10 Å².